The summed E-state index contributed by atoms with van der Waals surface area (Å²) in [5.74, 6) is -1.66. The van der Waals surface area contributed by atoms with Crippen LogP contribution in [-0.2, 0) is 9.59 Å². The number of hydrogen-bond donors (Lipinski definition) is 2. The molecule has 0 atom stereocenters. The smallest absolute Gasteiger partial charge is 0.335 e. The van der Waals surface area contributed by atoms with Crippen LogP contribution in [0.25, 0.3) is 6.08 Å². The number of urea groups is 1. The number of piperazine rings is 1. The number of nitro benzene ring substituents is 1. The van der Waals surface area contributed by atoms with Crippen LogP contribution in [0.15, 0.2) is 52.5 Å². The van der Waals surface area contributed by atoms with Crippen molar-refractivity contribution in [2.75, 3.05) is 36.0 Å². The van der Waals surface area contributed by atoms with Gasteiger partial charge in [-0.2, -0.15) is 0 Å². The molecule has 4 amide bonds. The van der Waals surface area contributed by atoms with Gasteiger partial charge in [0.05, 0.1) is 10.6 Å². The normalized spacial score (nSPS) is 18.2. The molecule has 11 heteroatoms. The second kappa shape index (κ2) is 8.89. The van der Waals surface area contributed by atoms with Gasteiger partial charge in [-0.1, -0.05) is 15.9 Å². The van der Waals surface area contributed by atoms with E-state index < -0.39 is 22.8 Å². The van der Waals surface area contributed by atoms with Crippen molar-refractivity contribution in [2.24, 2.45) is 0 Å². The molecule has 2 saturated heterocycles. The number of hydrogen-bond acceptors (Lipinski definition) is 7. The number of halogens is 1. The Morgan fingerprint density at radius 3 is 2.38 bits per heavy atom. The summed E-state index contributed by atoms with van der Waals surface area (Å²) in [7, 11) is 0. The number of rotatable bonds is 4. The van der Waals surface area contributed by atoms with Crippen LogP contribution in [0.1, 0.15) is 5.56 Å². The molecular formula is C21H18BrN5O5. The fourth-order valence-electron chi connectivity index (χ4n) is 3.60. The molecule has 0 radical (unpaired) electrons. The van der Waals surface area contributed by atoms with Gasteiger partial charge in [-0.3, -0.25) is 25.0 Å². The van der Waals surface area contributed by atoms with Gasteiger partial charge in [-0.05, 0) is 36.4 Å². The Bertz CT molecular complexity index is 1140. The number of barbiturate groups is 1. The van der Waals surface area contributed by atoms with Crippen molar-refractivity contribution >= 4 is 56.9 Å². The number of nitrogens with zero attached hydrogens (tertiary/aromatic N) is 3. The number of non-ortho nitro benzene ring substituents is 1. The van der Waals surface area contributed by atoms with E-state index in [1.54, 1.807) is 30.3 Å². The Balaban J connectivity index is 1.78. The van der Waals surface area contributed by atoms with Crippen molar-refractivity contribution in [3.8, 4) is 0 Å². The topological polar surface area (TPSA) is 125 Å². The summed E-state index contributed by atoms with van der Waals surface area (Å²) in [6.07, 6.45) is 1.31. The summed E-state index contributed by atoms with van der Waals surface area (Å²) in [6, 6.07) is 9.92. The number of carbonyl (C=O) groups excluding carboxylic acids is 3. The summed E-state index contributed by atoms with van der Waals surface area (Å²) in [4.78, 5) is 51.8. The molecule has 4 rings (SSSR count). The largest absolute Gasteiger partial charge is 0.368 e. The summed E-state index contributed by atoms with van der Waals surface area (Å²) in [5, 5.41) is 16.7. The first kappa shape index (κ1) is 21.7. The second-order valence-electron chi connectivity index (χ2n) is 7.17. The standard InChI is InChI=1S/C21H18BrN5O5/c22-14-1-3-15(4-2-14)26-20(29)17(19(28)24-21(26)30)12-13-11-16(27(31)32)5-6-18(13)25-9-7-23-8-10-25/h1-6,11-12,23H,7-10H2,(H,24,28,30)/b17-12-. The van der Waals surface area contributed by atoms with Gasteiger partial charge in [0.25, 0.3) is 17.5 Å². The zero-order valence-electron chi connectivity index (χ0n) is 16.7. The fourth-order valence-corrected chi connectivity index (χ4v) is 3.87. The number of nitrogens with one attached hydrogen (secondary N) is 2. The van der Waals surface area contributed by atoms with E-state index in [1.807, 2.05) is 4.90 Å². The van der Waals surface area contributed by atoms with Gasteiger partial charge in [0.1, 0.15) is 5.57 Å². The average molecular weight is 500 g/mol. The third kappa shape index (κ3) is 4.25. The Morgan fingerprint density at radius 2 is 1.72 bits per heavy atom. The monoisotopic (exact) mass is 499 g/mol. The molecule has 2 aliphatic rings. The molecule has 32 heavy (non-hydrogen) atoms. The highest BCUT2D eigenvalue weighted by Gasteiger charge is 2.37. The minimum absolute atomic E-state index is 0.166. The van der Waals surface area contributed by atoms with Crippen LogP contribution in [0.3, 0.4) is 0 Å². The van der Waals surface area contributed by atoms with Crippen LogP contribution in [0, 0.1) is 10.1 Å². The molecule has 0 bridgehead atoms. The molecule has 2 aromatic carbocycles. The van der Waals surface area contributed by atoms with Crippen molar-refractivity contribution < 1.29 is 19.3 Å². The van der Waals surface area contributed by atoms with Crippen molar-refractivity contribution in [3.05, 3.63) is 68.2 Å². The highest BCUT2D eigenvalue weighted by atomic mass is 79.9. The molecule has 0 aliphatic carbocycles. The Kier molecular flexibility index (Phi) is 6.01. The van der Waals surface area contributed by atoms with Gasteiger partial charge in [0.15, 0.2) is 0 Å². The van der Waals surface area contributed by atoms with Crippen LogP contribution in [0.2, 0.25) is 0 Å². The molecule has 10 nitrogen and oxygen atoms in total. The molecule has 2 heterocycles. The van der Waals surface area contributed by atoms with Crippen LogP contribution in [0.4, 0.5) is 21.9 Å². The first-order valence-corrected chi connectivity index (χ1v) is 10.6. The average Bonchev–Trinajstić information content (AvgIpc) is 2.78. The summed E-state index contributed by atoms with van der Waals surface area (Å²) in [6.45, 7) is 2.80. The van der Waals surface area contributed by atoms with E-state index >= 15 is 0 Å². The molecule has 0 spiro atoms. The minimum Gasteiger partial charge on any atom is -0.368 e. The first-order valence-electron chi connectivity index (χ1n) is 9.76. The van der Waals surface area contributed by atoms with E-state index in [0.717, 1.165) is 22.5 Å². The zero-order chi connectivity index (χ0) is 22.8. The van der Waals surface area contributed by atoms with Gasteiger partial charge < -0.3 is 10.2 Å². The van der Waals surface area contributed by atoms with E-state index in [9.17, 15) is 24.5 Å². The highest BCUT2D eigenvalue weighted by molar-refractivity contribution is 9.10. The van der Waals surface area contributed by atoms with Gasteiger partial charge in [0, 0.05) is 54.0 Å². The van der Waals surface area contributed by atoms with E-state index in [4.69, 9.17) is 0 Å². The quantitative estimate of drug-likeness (QED) is 0.286. The van der Waals surface area contributed by atoms with E-state index in [2.05, 4.69) is 26.6 Å². The summed E-state index contributed by atoms with van der Waals surface area (Å²) < 4.78 is 0.759. The van der Waals surface area contributed by atoms with Crippen molar-refractivity contribution in [1.29, 1.82) is 0 Å². The molecule has 2 aromatic rings. The molecule has 0 saturated carbocycles. The minimum atomic E-state index is -0.860. The number of benzene rings is 2. The molecule has 0 unspecified atom stereocenters. The maximum Gasteiger partial charge on any atom is 0.335 e. The van der Waals surface area contributed by atoms with E-state index in [0.29, 0.717) is 24.3 Å². The Hall–Kier alpha value is -3.57. The molecule has 2 N–H and O–H groups in total. The molecule has 2 aliphatic heterocycles. The van der Waals surface area contributed by atoms with Crippen molar-refractivity contribution in [2.45, 2.75) is 0 Å². The number of amides is 4. The lowest BCUT2D eigenvalue weighted by Crippen LogP contribution is -2.54. The number of anilines is 2. The SMILES string of the molecule is O=C1NC(=O)N(c2ccc(Br)cc2)C(=O)/C1=C\c1cc([N+](=O)[O-])ccc1N1CCNCC1. The van der Waals surface area contributed by atoms with E-state index in [-0.39, 0.29) is 16.9 Å². The predicted molar refractivity (Wildman–Crippen MR) is 121 cm³/mol. The highest BCUT2D eigenvalue weighted by Crippen LogP contribution is 2.30. The Labute approximate surface area is 191 Å². The van der Waals surface area contributed by atoms with Crippen molar-refractivity contribution in [1.82, 2.24) is 10.6 Å². The molecule has 164 valence electrons. The second-order valence-corrected chi connectivity index (χ2v) is 8.09. The Morgan fingerprint density at radius 1 is 1.03 bits per heavy atom. The maximum atomic E-state index is 13.1. The third-order valence-electron chi connectivity index (χ3n) is 5.17. The van der Waals surface area contributed by atoms with Gasteiger partial charge in [0.2, 0.25) is 0 Å². The number of carbonyl (C=O) groups is 3. The number of nitro groups is 1. The molecule has 0 aromatic heterocycles. The predicted octanol–water partition coefficient (Wildman–Crippen LogP) is 2.43. The summed E-state index contributed by atoms with van der Waals surface area (Å²) in [5.41, 5.74) is 0.849. The maximum absolute atomic E-state index is 13.1. The zero-order valence-corrected chi connectivity index (χ0v) is 18.3. The third-order valence-corrected chi connectivity index (χ3v) is 5.69. The lowest BCUT2D eigenvalue weighted by molar-refractivity contribution is -0.384. The van der Waals surface area contributed by atoms with Crippen molar-refractivity contribution in [3.63, 3.8) is 0 Å². The molecular weight excluding hydrogens is 482 g/mol. The first-order chi connectivity index (χ1) is 15.3. The van der Waals surface area contributed by atoms with Crippen LogP contribution < -0.4 is 20.4 Å². The summed E-state index contributed by atoms with van der Waals surface area (Å²) >= 11 is 3.30. The van der Waals surface area contributed by atoms with Gasteiger partial charge >= 0.3 is 6.03 Å². The van der Waals surface area contributed by atoms with Gasteiger partial charge in [-0.25, -0.2) is 9.69 Å². The number of imide groups is 2. The van der Waals surface area contributed by atoms with Gasteiger partial charge in [-0.15, -0.1) is 0 Å². The van der Waals surface area contributed by atoms with Crippen LogP contribution >= 0.6 is 15.9 Å². The van der Waals surface area contributed by atoms with E-state index in [1.165, 1.54) is 18.2 Å². The molecule has 2 fully saturated rings. The lowest BCUT2D eigenvalue weighted by atomic mass is 10.0. The van der Waals surface area contributed by atoms with Crippen LogP contribution in [-0.4, -0.2) is 48.9 Å². The lowest BCUT2D eigenvalue weighted by Gasteiger charge is -2.31. The van der Waals surface area contributed by atoms with Crippen LogP contribution in [0.5, 0.6) is 0 Å². The fraction of sp³-hybridized carbons (Fsp3) is 0.190.